The molecule has 8 nitrogen and oxygen atoms in total. The molecule has 1 aromatic heterocycles. The molecule has 0 aliphatic carbocycles. The molecule has 8 heteroatoms. The monoisotopic (exact) mass is 381 g/mol. The lowest BCUT2D eigenvalue weighted by Crippen LogP contribution is -2.31. The molecule has 0 bridgehead atoms. The van der Waals surface area contributed by atoms with E-state index in [2.05, 4.69) is 5.32 Å². The minimum atomic E-state index is -0.758. The molecule has 0 aliphatic rings. The molecule has 0 atom stereocenters. The standard InChI is InChI=1S/C20H19N3O5/c1-28-13-8-6-12(7-9-13)22-19(26)17-18(25)14-4-2-3-5-15(14)23(20(17)27)11-10-16(21)24/h2-9,25H,10-11H2,1H3,(H2,21,24)(H,22,26). The fraction of sp³-hybridized carbons (Fsp3) is 0.150. The van der Waals surface area contributed by atoms with Crippen LogP contribution in [0.15, 0.2) is 53.3 Å². The summed E-state index contributed by atoms with van der Waals surface area (Å²) < 4.78 is 6.33. The van der Waals surface area contributed by atoms with Crippen molar-refractivity contribution in [3.63, 3.8) is 0 Å². The van der Waals surface area contributed by atoms with Crippen molar-refractivity contribution in [1.29, 1.82) is 0 Å². The van der Waals surface area contributed by atoms with Crippen LogP contribution in [0.5, 0.6) is 11.5 Å². The van der Waals surface area contributed by atoms with E-state index in [-0.39, 0.29) is 13.0 Å². The number of para-hydroxylation sites is 1. The predicted octanol–water partition coefficient (Wildman–Crippen LogP) is 1.84. The lowest BCUT2D eigenvalue weighted by atomic mass is 10.1. The Labute approximate surface area is 160 Å². The van der Waals surface area contributed by atoms with Gasteiger partial charge in [-0.1, -0.05) is 12.1 Å². The number of pyridine rings is 1. The SMILES string of the molecule is COc1ccc(NC(=O)c2c(O)c3ccccc3n(CCC(N)=O)c2=O)cc1. The number of rotatable bonds is 6. The van der Waals surface area contributed by atoms with E-state index >= 15 is 0 Å². The Kier molecular flexibility index (Phi) is 5.30. The molecule has 0 spiro atoms. The lowest BCUT2D eigenvalue weighted by molar-refractivity contribution is -0.118. The van der Waals surface area contributed by atoms with Crippen LogP contribution in [0.3, 0.4) is 0 Å². The number of nitrogens with zero attached hydrogens (tertiary/aromatic N) is 1. The number of benzene rings is 2. The molecule has 2 amide bonds. The quantitative estimate of drug-likeness (QED) is 0.601. The Balaban J connectivity index is 2.07. The number of carbonyl (C=O) groups excluding carboxylic acids is 2. The average Bonchev–Trinajstić information content (AvgIpc) is 2.68. The number of methoxy groups -OCH3 is 1. The summed E-state index contributed by atoms with van der Waals surface area (Å²) in [6.07, 6.45) is -0.0752. The largest absolute Gasteiger partial charge is 0.506 e. The Bertz CT molecular complexity index is 1100. The van der Waals surface area contributed by atoms with Crippen molar-refractivity contribution in [2.45, 2.75) is 13.0 Å². The molecule has 4 N–H and O–H groups in total. The van der Waals surface area contributed by atoms with Crippen LogP contribution in [0, 0.1) is 0 Å². The molecule has 0 saturated carbocycles. The van der Waals surface area contributed by atoms with Gasteiger partial charge in [-0.2, -0.15) is 0 Å². The van der Waals surface area contributed by atoms with Gasteiger partial charge in [0.1, 0.15) is 17.1 Å². The molecule has 0 aliphatic heterocycles. The summed E-state index contributed by atoms with van der Waals surface area (Å²) in [5, 5.41) is 13.5. The number of aromatic nitrogens is 1. The molecule has 3 rings (SSSR count). The zero-order valence-electron chi connectivity index (χ0n) is 15.1. The Morgan fingerprint density at radius 1 is 1.14 bits per heavy atom. The zero-order chi connectivity index (χ0) is 20.3. The van der Waals surface area contributed by atoms with E-state index < -0.39 is 28.7 Å². The van der Waals surface area contributed by atoms with E-state index in [1.54, 1.807) is 48.5 Å². The zero-order valence-corrected chi connectivity index (χ0v) is 15.1. The van der Waals surface area contributed by atoms with Crippen LogP contribution >= 0.6 is 0 Å². The molecule has 0 unspecified atom stereocenters. The van der Waals surface area contributed by atoms with Crippen molar-refractivity contribution >= 4 is 28.4 Å². The van der Waals surface area contributed by atoms with Gasteiger partial charge in [-0.3, -0.25) is 14.4 Å². The first-order chi connectivity index (χ1) is 13.4. The highest BCUT2D eigenvalue weighted by molar-refractivity contribution is 6.09. The van der Waals surface area contributed by atoms with Crippen molar-refractivity contribution in [2.75, 3.05) is 12.4 Å². The summed E-state index contributed by atoms with van der Waals surface area (Å²) in [6, 6.07) is 13.1. The maximum Gasteiger partial charge on any atom is 0.267 e. The van der Waals surface area contributed by atoms with Gasteiger partial charge in [0.25, 0.3) is 11.5 Å². The molecule has 0 saturated heterocycles. The van der Waals surface area contributed by atoms with Crippen LogP contribution in [0.4, 0.5) is 5.69 Å². The number of carbonyl (C=O) groups is 2. The third-order valence-corrected chi connectivity index (χ3v) is 4.30. The molecule has 2 aromatic carbocycles. The topological polar surface area (TPSA) is 124 Å². The maximum absolute atomic E-state index is 12.9. The number of ether oxygens (including phenoxy) is 1. The molecule has 144 valence electrons. The molecule has 28 heavy (non-hydrogen) atoms. The third kappa shape index (κ3) is 3.66. The number of nitrogens with one attached hydrogen (secondary N) is 1. The van der Waals surface area contributed by atoms with Gasteiger partial charge in [0.15, 0.2) is 0 Å². The summed E-state index contributed by atoms with van der Waals surface area (Å²) in [5.41, 5.74) is 4.93. The van der Waals surface area contributed by atoms with Crippen LogP contribution in [0.2, 0.25) is 0 Å². The van der Waals surface area contributed by atoms with Gasteiger partial charge in [-0.15, -0.1) is 0 Å². The Morgan fingerprint density at radius 2 is 1.82 bits per heavy atom. The van der Waals surface area contributed by atoms with Gasteiger partial charge in [-0.25, -0.2) is 0 Å². The summed E-state index contributed by atoms with van der Waals surface area (Å²) in [5.74, 6) is -1.14. The van der Waals surface area contributed by atoms with Crippen molar-refractivity contribution in [3.8, 4) is 11.5 Å². The lowest BCUT2D eigenvalue weighted by Gasteiger charge is -2.14. The number of aryl methyl sites for hydroxylation is 1. The number of anilines is 1. The van der Waals surface area contributed by atoms with Gasteiger partial charge < -0.3 is 25.5 Å². The fourth-order valence-electron chi connectivity index (χ4n) is 2.91. The second-order valence-corrected chi connectivity index (χ2v) is 6.10. The Hall–Kier alpha value is -3.81. The maximum atomic E-state index is 12.9. The minimum Gasteiger partial charge on any atom is -0.506 e. The van der Waals surface area contributed by atoms with Gasteiger partial charge in [0, 0.05) is 24.0 Å². The number of fused-ring (bicyclic) bond motifs is 1. The second kappa shape index (κ2) is 7.83. The van der Waals surface area contributed by atoms with Crippen LogP contribution in [-0.2, 0) is 11.3 Å². The van der Waals surface area contributed by atoms with E-state index in [0.29, 0.717) is 22.3 Å². The van der Waals surface area contributed by atoms with Gasteiger partial charge in [-0.05, 0) is 36.4 Å². The summed E-state index contributed by atoms with van der Waals surface area (Å²) in [6.45, 7) is -0.00221. The van der Waals surface area contributed by atoms with Crippen molar-refractivity contribution in [1.82, 2.24) is 4.57 Å². The summed E-state index contributed by atoms with van der Waals surface area (Å²) in [7, 11) is 1.52. The normalized spacial score (nSPS) is 10.6. The van der Waals surface area contributed by atoms with Gasteiger partial charge in [0.2, 0.25) is 5.91 Å². The van der Waals surface area contributed by atoms with E-state index in [9.17, 15) is 19.5 Å². The fourth-order valence-corrected chi connectivity index (χ4v) is 2.91. The first kappa shape index (κ1) is 19.0. The number of hydrogen-bond donors (Lipinski definition) is 3. The molecule has 0 radical (unpaired) electrons. The molecular formula is C20H19N3O5. The number of amides is 2. The van der Waals surface area contributed by atoms with Crippen LogP contribution in [0.25, 0.3) is 10.9 Å². The smallest absolute Gasteiger partial charge is 0.267 e. The van der Waals surface area contributed by atoms with E-state index in [0.717, 1.165) is 0 Å². The Morgan fingerprint density at radius 3 is 2.46 bits per heavy atom. The van der Waals surface area contributed by atoms with Gasteiger partial charge >= 0.3 is 0 Å². The van der Waals surface area contributed by atoms with Crippen LogP contribution < -0.4 is 21.3 Å². The number of nitrogens with two attached hydrogens (primary N) is 1. The van der Waals surface area contributed by atoms with Crippen LogP contribution in [-0.4, -0.2) is 28.6 Å². The molecule has 1 heterocycles. The molecule has 0 fully saturated rings. The predicted molar refractivity (Wildman–Crippen MR) is 105 cm³/mol. The van der Waals surface area contributed by atoms with Crippen molar-refractivity contribution < 1.29 is 19.4 Å². The number of primary amides is 1. The average molecular weight is 381 g/mol. The van der Waals surface area contributed by atoms with Crippen molar-refractivity contribution in [3.05, 3.63) is 64.4 Å². The van der Waals surface area contributed by atoms with E-state index in [4.69, 9.17) is 10.5 Å². The van der Waals surface area contributed by atoms with E-state index in [1.165, 1.54) is 11.7 Å². The molecule has 3 aromatic rings. The van der Waals surface area contributed by atoms with Crippen molar-refractivity contribution in [2.24, 2.45) is 5.73 Å². The highest BCUT2D eigenvalue weighted by Crippen LogP contribution is 2.27. The summed E-state index contributed by atoms with van der Waals surface area (Å²) in [4.78, 5) is 36.8. The third-order valence-electron chi connectivity index (χ3n) is 4.30. The molecular weight excluding hydrogens is 362 g/mol. The van der Waals surface area contributed by atoms with Gasteiger partial charge in [0.05, 0.1) is 12.6 Å². The first-order valence-corrected chi connectivity index (χ1v) is 8.50. The first-order valence-electron chi connectivity index (χ1n) is 8.50. The summed E-state index contributed by atoms with van der Waals surface area (Å²) >= 11 is 0. The highest BCUT2D eigenvalue weighted by atomic mass is 16.5. The number of aromatic hydroxyl groups is 1. The second-order valence-electron chi connectivity index (χ2n) is 6.10. The van der Waals surface area contributed by atoms with Crippen LogP contribution in [0.1, 0.15) is 16.8 Å². The van der Waals surface area contributed by atoms with E-state index in [1.807, 2.05) is 0 Å². The highest BCUT2D eigenvalue weighted by Gasteiger charge is 2.22. The minimum absolute atomic E-state index is 0.00221. The number of hydrogen-bond acceptors (Lipinski definition) is 5.